The van der Waals surface area contributed by atoms with Gasteiger partial charge in [0.1, 0.15) is 6.04 Å². The van der Waals surface area contributed by atoms with Crippen LogP contribution in [0.4, 0.5) is 22.0 Å². The molecule has 1 aromatic carbocycles. The third-order valence-electron chi connectivity index (χ3n) is 3.70. The number of nitrogens with two attached hydrogens (primary N) is 1. The van der Waals surface area contributed by atoms with Gasteiger partial charge in [0.15, 0.2) is 0 Å². The average molecular weight is 295 g/mol. The second-order valence-electron chi connectivity index (χ2n) is 5.46. The summed E-state index contributed by atoms with van der Waals surface area (Å²) in [7, 11) is 0. The summed E-state index contributed by atoms with van der Waals surface area (Å²) in [6.45, 7) is 5.90. The molecule has 0 spiro atoms. The van der Waals surface area contributed by atoms with Gasteiger partial charge in [-0.15, -0.1) is 0 Å². The topological polar surface area (TPSA) is 26.0 Å². The molecular weight excluding hydrogens is 277 g/mol. The van der Waals surface area contributed by atoms with E-state index >= 15 is 0 Å². The van der Waals surface area contributed by atoms with Crippen molar-refractivity contribution in [3.05, 3.63) is 35.4 Å². The van der Waals surface area contributed by atoms with Gasteiger partial charge in [-0.1, -0.05) is 45.0 Å². The Morgan fingerprint density at radius 1 is 1.00 bits per heavy atom. The van der Waals surface area contributed by atoms with Crippen LogP contribution in [0.15, 0.2) is 24.3 Å². The van der Waals surface area contributed by atoms with E-state index in [4.69, 9.17) is 5.73 Å². The first-order valence-electron chi connectivity index (χ1n) is 6.24. The van der Waals surface area contributed by atoms with Gasteiger partial charge in [-0.25, -0.2) is 0 Å². The summed E-state index contributed by atoms with van der Waals surface area (Å²) in [4.78, 5) is 0. The SMILES string of the molecule is CCC(C)(C)c1ccc(C(N)C(F)(F)C(F)(F)F)cc1. The van der Waals surface area contributed by atoms with Crippen molar-refractivity contribution < 1.29 is 22.0 Å². The first-order valence-corrected chi connectivity index (χ1v) is 6.24. The van der Waals surface area contributed by atoms with Crippen LogP contribution in [0.1, 0.15) is 44.4 Å². The van der Waals surface area contributed by atoms with Crippen LogP contribution in [-0.4, -0.2) is 12.1 Å². The standard InChI is InChI=1S/C14H18F5N/c1-4-12(2,3)10-7-5-9(6-8-10)11(20)13(15,16)14(17,18)19/h5-8,11H,4,20H2,1-3H3. The molecule has 0 bridgehead atoms. The van der Waals surface area contributed by atoms with Crippen LogP contribution in [0.5, 0.6) is 0 Å². The summed E-state index contributed by atoms with van der Waals surface area (Å²) in [5, 5.41) is 0. The molecule has 0 saturated heterocycles. The molecule has 2 N–H and O–H groups in total. The highest BCUT2D eigenvalue weighted by molar-refractivity contribution is 5.30. The van der Waals surface area contributed by atoms with Crippen molar-refractivity contribution in [3.63, 3.8) is 0 Å². The van der Waals surface area contributed by atoms with Crippen molar-refractivity contribution in [3.8, 4) is 0 Å². The van der Waals surface area contributed by atoms with E-state index in [1.54, 1.807) is 12.1 Å². The maximum atomic E-state index is 13.2. The Bertz CT molecular complexity index is 448. The van der Waals surface area contributed by atoms with Crippen LogP contribution in [0.3, 0.4) is 0 Å². The molecule has 1 rings (SSSR count). The highest BCUT2D eigenvalue weighted by atomic mass is 19.4. The first-order chi connectivity index (χ1) is 8.93. The van der Waals surface area contributed by atoms with Gasteiger partial charge in [-0.2, -0.15) is 22.0 Å². The lowest BCUT2D eigenvalue weighted by molar-refractivity contribution is -0.291. The monoisotopic (exact) mass is 295 g/mol. The van der Waals surface area contributed by atoms with Crippen LogP contribution in [0.2, 0.25) is 0 Å². The van der Waals surface area contributed by atoms with Crippen molar-refractivity contribution in [1.29, 1.82) is 0 Å². The van der Waals surface area contributed by atoms with Gasteiger partial charge < -0.3 is 5.73 Å². The van der Waals surface area contributed by atoms with Crippen molar-refractivity contribution in [2.75, 3.05) is 0 Å². The van der Waals surface area contributed by atoms with E-state index in [1.165, 1.54) is 12.1 Å². The zero-order valence-corrected chi connectivity index (χ0v) is 11.6. The molecule has 20 heavy (non-hydrogen) atoms. The lowest BCUT2D eigenvalue weighted by atomic mass is 9.81. The maximum Gasteiger partial charge on any atom is 0.455 e. The van der Waals surface area contributed by atoms with Gasteiger partial charge in [-0.3, -0.25) is 0 Å². The molecule has 0 amide bonds. The molecule has 1 aromatic rings. The Morgan fingerprint density at radius 2 is 1.45 bits per heavy atom. The van der Waals surface area contributed by atoms with Gasteiger partial charge in [0.2, 0.25) is 0 Å². The molecule has 114 valence electrons. The molecule has 0 aliphatic rings. The van der Waals surface area contributed by atoms with E-state index in [9.17, 15) is 22.0 Å². The van der Waals surface area contributed by atoms with E-state index in [2.05, 4.69) is 0 Å². The summed E-state index contributed by atoms with van der Waals surface area (Å²) >= 11 is 0. The second-order valence-corrected chi connectivity index (χ2v) is 5.46. The molecule has 0 fully saturated rings. The zero-order valence-electron chi connectivity index (χ0n) is 11.6. The van der Waals surface area contributed by atoms with Gasteiger partial charge in [-0.05, 0) is 23.0 Å². The minimum Gasteiger partial charge on any atom is -0.319 e. The largest absolute Gasteiger partial charge is 0.455 e. The number of hydrogen-bond acceptors (Lipinski definition) is 1. The Morgan fingerprint density at radius 3 is 1.80 bits per heavy atom. The molecule has 0 aliphatic carbocycles. The van der Waals surface area contributed by atoms with E-state index in [1.807, 2.05) is 20.8 Å². The molecule has 0 heterocycles. The number of benzene rings is 1. The summed E-state index contributed by atoms with van der Waals surface area (Å²) in [6.07, 6.45) is -4.84. The van der Waals surface area contributed by atoms with E-state index < -0.39 is 18.1 Å². The maximum absolute atomic E-state index is 13.2. The molecule has 6 heteroatoms. The van der Waals surface area contributed by atoms with Crippen molar-refractivity contribution in [2.45, 2.75) is 50.7 Å². The van der Waals surface area contributed by atoms with Crippen LogP contribution in [0, 0.1) is 0 Å². The molecule has 1 nitrogen and oxygen atoms in total. The van der Waals surface area contributed by atoms with Crippen LogP contribution in [-0.2, 0) is 5.41 Å². The Hall–Kier alpha value is -1.17. The van der Waals surface area contributed by atoms with Crippen LogP contribution in [0.25, 0.3) is 0 Å². The second kappa shape index (κ2) is 5.31. The fourth-order valence-corrected chi connectivity index (χ4v) is 1.73. The molecule has 0 saturated carbocycles. The number of hydrogen-bond donors (Lipinski definition) is 1. The van der Waals surface area contributed by atoms with Crippen LogP contribution < -0.4 is 5.73 Å². The molecule has 0 aromatic heterocycles. The Kier molecular flexibility index (Phi) is 4.49. The van der Waals surface area contributed by atoms with Crippen molar-refractivity contribution in [2.24, 2.45) is 5.73 Å². The molecular formula is C14H18F5N. The normalized spacial score (nSPS) is 15.2. The van der Waals surface area contributed by atoms with E-state index in [0.717, 1.165) is 12.0 Å². The lowest BCUT2D eigenvalue weighted by Crippen LogP contribution is -2.45. The van der Waals surface area contributed by atoms with Gasteiger partial charge in [0.25, 0.3) is 0 Å². The molecule has 1 atom stereocenters. The lowest BCUT2D eigenvalue weighted by Gasteiger charge is -2.27. The van der Waals surface area contributed by atoms with E-state index in [-0.39, 0.29) is 11.0 Å². The first kappa shape index (κ1) is 16.9. The fourth-order valence-electron chi connectivity index (χ4n) is 1.73. The molecule has 1 unspecified atom stereocenters. The molecule has 0 radical (unpaired) electrons. The zero-order chi connectivity index (χ0) is 15.8. The van der Waals surface area contributed by atoms with Gasteiger partial charge in [0, 0.05) is 0 Å². The quantitative estimate of drug-likeness (QED) is 0.809. The fraction of sp³-hybridized carbons (Fsp3) is 0.571. The number of halogens is 5. The molecule has 0 aliphatic heterocycles. The average Bonchev–Trinajstić information content (AvgIpc) is 2.36. The highest BCUT2D eigenvalue weighted by Crippen LogP contribution is 2.43. The predicted octanol–water partition coefficient (Wildman–Crippen LogP) is 4.57. The van der Waals surface area contributed by atoms with Crippen molar-refractivity contribution in [1.82, 2.24) is 0 Å². The predicted molar refractivity (Wildman–Crippen MR) is 67.7 cm³/mol. The summed E-state index contributed by atoms with van der Waals surface area (Å²) in [5.41, 5.74) is 5.54. The number of rotatable bonds is 4. The summed E-state index contributed by atoms with van der Waals surface area (Å²) in [5.74, 6) is -4.95. The van der Waals surface area contributed by atoms with Gasteiger partial charge in [0.05, 0.1) is 0 Å². The number of alkyl halides is 5. The Labute approximate surface area is 115 Å². The van der Waals surface area contributed by atoms with Gasteiger partial charge >= 0.3 is 12.1 Å². The summed E-state index contributed by atoms with van der Waals surface area (Å²) < 4.78 is 63.1. The third kappa shape index (κ3) is 3.11. The van der Waals surface area contributed by atoms with Crippen molar-refractivity contribution >= 4 is 0 Å². The smallest absolute Gasteiger partial charge is 0.319 e. The summed E-state index contributed by atoms with van der Waals surface area (Å²) in [6, 6.07) is 3.16. The minimum absolute atomic E-state index is 0.171. The Balaban J connectivity index is 3.06. The highest BCUT2D eigenvalue weighted by Gasteiger charge is 2.61. The third-order valence-corrected chi connectivity index (χ3v) is 3.70. The van der Waals surface area contributed by atoms with E-state index in [0.29, 0.717) is 0 Å². The minimum atomic E-state index is -5.66. The van der Waals surface area contributed by atoms with Crippen LogP contribution >= 0.6 is 0 Å².